The van der Waals surface area contributed by atoms with Gasteiger partial charge in [0, 0.05) is 30.9 Å². The summed E-state index contributed by atoms with van der Waals surface area (Å²) in [5.41, 5.74) is 2.92. The first-order chi connectivity index (χ1) is 15.5. The van der Waals surface area contributed by atoms with Crippen molar-refractivity contribution in [2.75, 3.05) is 33.4 Å². The third kappa shape index (κ3) is 5.05. The van der Waals surface area contributed by atoms with E-state index in [1.807, 2.05) is 44.2 Å². The first-order valence-corrected chi connectivity index (χ1v) is 10.6. The van der Waals surface area contributed by atoms with Gasteiger partial charge in [-0.25, -0.2) is 9.97 Å². The number of carbonyl (C=O) groups excluding carboxylic acids is 1. The summed E-state index contributed by atoms with van der Waals surface area (Å²) < 4.78 is 16.9. The summed E-state index contributed by atoms with van der Waals surface area (Å²) in [4.78, 5) is 23.2. The van der Waals surface area contributed by atoms with Crippen LogP contribution in [0.4, 0.5) is 0 Å². The van der Waals surface area contributed by atoms with Crippen LogP contribution in [-0.4, -0.2) is 64.4 Å². The van der Waals surface area contributed by atoms with Crippen LogP contribution >= 0.6 is 0 Å². The Kier molecular flexibility index (Phi) is 6.65. The molecule has 3 aromatic rings. The fourth-order valence-corrected chi connectivity index (χ4v) is 3.62. The van der Waals surface area contributed by atoms with E-state index in [0.717, 1.165) is 22.9 Å². The van der Waals surface area contributed by atoms with Crippen molar-refractivity contribution < 1.29 is 19.0 Å². The number of rotatable bonds is 7. The van der Waals surface area contributed by atoms with Crippen LogP contribution in [0.3, 0.4) is 0 Å². The zero-order valence-corrected chi connectivity index (χ0v) is 18.5. The van der Waals surface area contributed by atoms with E-state index in [2.05, 4.69) is 20.2 Å². The first kappa shape index (κ1) is 21.8. The molecule has 9 nitrogen and oxygen atoms in total. The van der Waals surface area contributed by atoms with Gasteiger partial charge in [0.05, 0.1) is 43.8 Å². The lowest BCUT2D eigenvalue weighted by molar-refractivity contribution is -0.0248. The Labute approximate surface area is 186 Å². The normalized spacial score (nSPS) is 16.1. The van der Waals surface area contributed by atoms with Crippen molar-refractivity contribution in [2.45, 2.75) is 26.4 Å². The van der Waals surface area contributed by atoms with E-state index in [-0.39, 0.29) is 12.0 Å². The van der Waals surface area contributed by atoms with Gasteiger partial charge in [0.25, 0.3) is 5.91 Å². The molecule has 1 atom stereocenters. The number of aromatic amines is 1. The number of carbonyl (C=O) groups is 1. The molecule has 32 heavy (non-hydrogen) atoms. The summed E-state index contributed by atoms with van der Waals surface area (Å²) in [6.07, 6.45) is 1.97. The van der Waals surface area contributed by atoms with Crippen LogP contribution < -0.4 is 9.47 Å². The van der Waals surface area contributed by atoms with Crippen molar-refractivity contribution in [3.63, 3.8) is 0 Å². The number of nitrogens with one attached hydrogen (secondary N) is 1. The summed E-state index contributed by atoms with van der Waals surface area (Å²) in [7, 11) is 1.63. The van der Waals surface area contributed by atoms with E-state index in [0.29, 0.717) is 49.8 Å². The van der Waals surface area contributed by atoms with Crippen LogP contribution in [-0.2, 0) is 11.2 Å². The predicted octanol–water partition coefficient (Wildman–Crippen LogP) is 2.66. The SMILES string of the molecule is COc1cccc(OCCc2cc([C@@H]3CN(C(=O)c4cnc(C)nc4C)CCO3)n[nH]2)c1. The standard InChI is InChI=1S/C23H27N5O4/c1-15-20(13-24-16(2)25-15)23(29)28-8-10-32-22(14-28)21-11-17(26-27-21)7-9-31-19-6-4-5-18(12-19)30-3/h4-6,11-13,22H,7-10,14H2,1-3H3,(H,26,27)/t22-/m0/s1. The van der Waals surface area contributed by atoms with Gasteiger partial charge >= 0.3 is 0 Å². The second-order valence-corrected chi connectivity index (χ2v) is 7.62. The maximum absolute atomic E-state index is 13.0. The molecule has 3 heterocycles. The molecular formula is C23H27N5O4. The number of nitrogens with zero attached hydrogens (tertiary/aromatic N) is 4. The van der Waals surface area contributed by atoms with Crippen LogP contribution in [0.1, 0.15) is 39.4 Å². The van der Waals surface area contributed by atoms with Crippen LogP contribution in [0.25, 0.3) is 0 Å². The van der Waals surface area contributed by atoms with Crippen molar-refractivity contribution in [1.29, 1.82) is 0 Å². The van der Waals surface area contributed by atoms with Gasteiger partial charge in [0.2, 0.25) is 0 Å². The lowest BCUT2D eigenvalue weighted by Crippen LogP contribution is -2.42. The first-order valence-electron chi connectivity index (χ1n) is 10.6. The number of hydrogen-bond donors (Lipinski definition) is 1. The Morgan fingerprint density at radius 3 is 2.94 bits per heavy atom. The molecule has 1 aliphatic heterocycles. The van der Waals surface area contributed by atoms with Gasteiger partial charge < -0.3 is 19.1 Å². The number of methoxy groups -OCH3 is 1. The van der Waals surface area contributed by atoms with E-state index >= 15 is 0 Å². The number of benzene rings is 1. The van der Waals surface area contributed by atoms with Crippen molar-refractivity contribution >= 4 is 5.91 Å². The second kappa shape index (κ2) is 9.78. The maximum atomic E-state index is 13.0. The van der Waals surface area contributed by atoms with Gasteiger partial charge in [0.15, 0.2) is 0 Å². The number of aryl methyl sites for hydroxylation is 2. The predicted molar refractivity (Wildman–Crippen MR) is 117 cm³/mol. The lowest BCUT2D eigenvalue weighted by Gasteiger charge is -2.32. The van der Waals surface area contributed by atoms with Gasteiger partial charge in [-0.05, 0) is 32.0 Å². The highest BCUT2D eigenvalue weighted by Crippen LogP contribution is 2.23. The van der Waals surface area contributed by atoms with E-state index < -0.39 is 0 Å². The molecule has 1 saturated heterocycles. The van der Waals surface area contributed by atoms with Gasteiger partial charge in [-0.3, -0.25) is 9.89 Å². The molecule has 9 heteroatoms. The molecule has 168 valence electrons. The Morgan fingerprint density at radius 1 is 1.28 bits per heavy atom. The summed E-state index contributed by atoms with van der Waals surface area (Å²) in [5, 5.41) is 7.45. The highest BCUT2D eigenvalue weighted by molar-refractivity contribution is 5.95. The largest absolute Gasteiger partial charge is 0.497 e. The average molecular weight is 438 g/mol. The smallest absolute Gasteiger partial charge is 0.257 e. The minimum absolute atomic E-state index is 0.0850. The van der Waals surface area contributed by atoms with Gasteiger partial charge in [-0.1, -0.05) is 6.07 Å². The van der Waals surface area contributed by atoms with Crippen molar-refractivity contribution in [1.82, 2.24) is 25.1 Å². The molecule has 0 aliphatic carbocycles. The number of ether oxygens (including phenoxy) is 3. The molecule has 4 rings (SSSR count). The Morgan fingerprint density at radius 2 is 2.12 bits per heavy atom. The van der Waals surface area contributed by atoms with Crippen molar-refractivity contribution in [3.05, 3.63) is 65.0 Å². The number of aromatic nitrogens is 4. The molecule has 1 N–H and O–H groups in total. The molecule has 0 unspecified atom stereocenters. The highest BCUT2D eigenvalue weighted by Gasteiger charge is 2.28. The van der Waals surface area contributed by atoms with Crippen LogP contribution in [0, 0.1) is 13.8 Å². The number of amides is 1. The Bertz CT molecular complexity index is 1080. The molecule has 0 radical (unpaired) electrons. The van der Waals surface area contributed by atoms with Crippen LogP contribution in [0.2, 0.25) is 0 Å². The van der Waals surface area contributed by atoms with Gasteiger partial charge in [0.1, 0.15) is 23.4 Å². The number of H-pyrrole nitrogens is 1. The minimum Gasteiger partial charge on any atom is -0.497 e. The fraction of sp³-hybridized carbons (Fsp3) is 0.391. The van der Waals surface area contributed by atoms with Crippen molar-refractivity contribution in [2.24, 2.45) is 0 Å². The van der Waals surface area contributed by atoms with Gasteiger partial charge in [-0.15, -0.1) is 0 Å². The highest BCUT2D eigenvalue weighted by atomic mass is 16.5. The van der Waals surface area contributed by atoms with Crippen LogP contribution in [0.5, 0.6) is 11.5 Å². The number of morpholine rings is 1. The lowest BCUT2D eigenvalue weighted by atomic mass is 10.1. The average Bonchev–Trinajstić information content (AvgIpc) is 3.28. The summed E-state index contributed by atoms with van der Waals surface area (Å²) in [5.74, 6) is 2.08. The van der Waals surface area contributed by atoms with Crippen LogP contribution in [0.15, 0.2) is 36.5 Å². The molecule has 1 aliphatic rings. The molecule has 1 aromatic carbocycles. The molecule has 0 spiro atoms. The van der Waals surface area contributed by atoms with E-state index in [1.54, 1.807) is 18.2 Å². The molecule has 2 aromatic heterocycles. The number of hydrogen-bond acceptors (Lipinski definition) is 7. The fourth-order valence-electron chi connectivity index (χ4n) is 3.62. The third-order valence-corrected chi connectivity index (χ3v) is 5.35. The van der Waals surface area contributed by atoms with Crippen molar-refractivity contribution in [3.8, 4) is 11.5 Å². The summed E-state index contributed by atoms with van der Waals surface area (Å²) in [6.45, 7) is 5.53. The molecule has 0 bridgehead atoms. The minimum atomic E-state index is -0.288. The second-order valence-electron chi connectivity index (χ2n) is 7.62. The molecular weight excluding hydrogens is 410 g/mol. The maximum Gasteiger partial charge on any atom is 0.257 e. The zero-order chi connectivity index (χ0) is 22.5. The molecule has 0 saturated carbocycles. The van der Waals surface area contributed by atoms with E-state index in [1.165, 1.54) is 0 Å². The van der Waals surface area contributed by atoms with E-state index in [9.17, 15) is 4.79 Å². The summed E-state index contributed by atoms with van der Waals surface area (Å²) >= 11 is 0. The monoisotopic (exact) mass is 437 g/mol. The van der Waals surface area contributed by atoms with E-state index in [4.69, 9.17) is 14.2 Å². The third-order valence-electron chi connectivity index (χ3n) is 5.35. The Hall–Kier alpha value is -3.46. The quantitative estimate of drug-likeness (QED) is 0.606. The Balaban J connectivity index is 1.34. The van der Waals surface area contributed by atoms with Gasteiger partial charge in [-0.2, -0.15) is 5.10 Å². The summed E-state index contributed by atoms with van der Waals surface area (Å²) in [6, 6.07) is 9.47. The zero-order valence-electron chi connectivity index (χ0n) is 18.5. The molecule has 1 amide bonds. The molecule has 1 fully saturated rings. The topological polar surface area (TPSA) is 102 Å².